The van der Waals surface area contributed by atoms with E-state index in [4.69, 9.17) is 5.11 Å². The van der Waals surface area contributed by atoms with Gasteiger partial charge in [0.25, 0.3) is 5.91 Å². The Balaban J connectivity index is 2.54. The Bertz CT molecular complexity index is 306. The van der Waals surface area contributed by atoms with Gasteiger partial charge in [-0.05, 0) is 12.1 Å². The molecule has 0 atom stereocenters. The highest BCUT2D eigenvalue weighted by Crippen LogP contribution is 1.97. The summed E-state index contributed by atoms with van der Waals surface area (Å²) in [6.07, 6.45) is 0. The van der Waals surface area contributed by atoms with Gasteiger partial charge in [0.15, 0.2) is 0 Å². The van der Waals surface area contributed by atoms with Crippen molar-refractivity contribution in [1.29, 1.82) is 0 Å². The monoisotopic (exact) mass is 177 g/mol. The molecule has 0 aliphatic carbocycles. The Morgan fingerprint density at radius 2 is 2.00 bits per heavy atom. The van der Waals surface area contributed by atoms with E-state index < -0.39 is 0 Å². The highest BCUT2D eigenvalue weighted by Gasteiger charge is 2.02. The Morgan fingerprint density at radius 3 is 2.54 bits per heavy atom. The summed E-state index contributed by atoms with van der Waals surface area (Å²) >= 11 is 0. The van der Waals surface area contributed by atoms with Crippen LogP contribution < -0.4 is 5.32 Å². The van der Waals surface area contributed by atoms with Crippen molar-refractivity contribution in [3.05, 3.63) is 48.2 Å². The summed E-state index contributed by atoms with van der Waals surface area (Å²) in [5, 5.41) is 11.2. The van der Waals surface area contributed by atoms with Crippen molar-refractivity contribution in [3.8, 4) is 0 Å². The summed E-state index contributed by atoms with van der Waals surface area (Å²) in [4.78, 5) is 11.3. The second-order valence-electron chi connectivity index (χ2n) is 2.61. The summed E-state index contributed by atoms with van der Waals surface area (Å²) in [5.74, 6) is -0.264. The third-order valence-corrected chi connectivity index (χ3v) is 1.49. The number of rotatable bonds is 3. The number of carbonyl (C=O) groups excluding carboxylic acids is 1. The average Bonchev–Trinajstić information content (AvgIpc) is 2.15. The van der Waals surface area contributed by atoms with E-state index in [1.165, 1.54) is 0 Å². The Kier molecular flexibility index (Phi) is 3.09. The fourth-order valence-electron chi connectivity index (χ4n) is 0.874. The Hall–Kier alpha value is -1.77. The van der Waals surface area contributed by atoms with Crippen LogP contribution in [0.2, 0.25) is 0 Å². The maximum absolute atomic E-state index is 11.3. The van der Waals surface area contributed by atoms with Crippen molar-refractivity contribution < 1.29 is 9.90 Å². The van der Waals surface area contributed by atoms with E-state index in [9.17, 15) is 4.79 Å². The standard InChI is InChI=1S/C10H11NO2/c1-8(12)7-11-10(13)9-5-3-2-4-6-9/h2-6,12H,1,7H2,(H,11,13). The first-order valence-corrected chi connectivity index (χ1v) is 3.90. The van der Waals surface area contributed by atoms with E-state index in [-0.39, 0.29) is 18.2 Å². The molecule has 0 aliphatic heterocycles. The first kappa shape index (κ1) is 9.32. The lowest BCUT2D eigenvalue weighted by Crippen LogP contribution is -2.25. The van der Waals surface area contributed by atoms with E-state index in [1.807, 2.05) is 6.07 Å². The van der Waals surface area contributed by atoms with Gasteiger partial charge >= 0.3 is 0 Å². The molecule has 1 amide bonds. The van der Waals surface area contributed by atoms with Crippen LogP contribution in [0.25, 0.3) is 0 Å². The van der Waals surface area contributed by atoms with Gasteiger partial charge in [0.2, 0.25) is 0 Å². The molecule has 0 aliphatic rings. The molecule has 13 heavy (non-hydrogen) atoms. The van der Waals surface area contributed by atoms with Crippen molar-refractivity contribution >= 4 is 5.91 Å². The van der Waals surface area contributed by atoms with Crippen molar-refractivity contribution in [2.75, 3.05) is 6.54 Å². The van der Waals surface area contributed by atoms with E-state index >= 15 is 0 Å². The number of amides is 1. The average molecular weight is 177 g/mol. The Morgan fingerprint density at radius 1 is 1.38 bits per heavy atom. The summed E-state index contributed by atoms with van der Waals surface area (Å²) in [7, 11) is 0. The van der Waals surface area contributed by atoms with Gasteiger partial charge < -0.3 is 10.4 Å². The zero-order valence-electron chi connectivity index (χ0n) is 7.16. The second kappa shape index (κ2) is 4.30. The maximum Gasteiger partial charge on any atom is 0.251 e. The largest absolute Gasteiger partial charge is 0.511 e. The SMILES string of the molecule is C=C(O)CNC(=O)c1ccccc1. The normalized spacial score (nSPS) is 9.23. The van der Waals surface area contributed by atoms with Gasteiger partial charge in [-0.3, -0.25) is 4.79 Å². The van der Waals surface area contributed by atoms with Crippen molar-refractivity contribution in [1.82, 2.24) is 5.32 Å². The first-order chi connectivity index (χ1) is 6.20. The van der Waals surface area contributed by atoms with Crippen molar-refractivity contribution in [3.63, 3.8) is 0 Å². The third kappa shape index (κ3) is 2.99. The molecule has 3 nitrogen and oxygen atoms in total. The summed E-state index contributed by atoms with van der Waals surface area (Å²) in [5.41, 5.74) is 0.573. The maximum atomic E-state index is 11.3. The van der Waals surface area contributed by atoms with Crippen LogP contribution in [-0.2, 0) is 0 Å². The highest BCUT2D eigenvalue weighted by atomic mass is 16.3. The van der Waals surface area contributed by atoms with Crippen LogP contribution in [0.4, 0.5) is 0 Å². The number of aliphatic hydroxyl groups excluding tert-OH is 1. The van der Waals surface area contributed by atoms with Gasteiger partial charge in [0.05, 0.1) is 6.54 Å². The lowest BCUT2D eigenvalue weighted by atomic mass is 10.2. The number of carbonyl (C=O) groups is 1. The van der Waals surface area contributed by atoms with Crippen molar-refractivity contribution in [2.24, 2.45) is 0 Å². The Labute approximate surface area is 76.7 Å². The van der Waals surface area contributed by atoms with E-state index in [0.29, 0.717) is 5.56 Å². The van der Waals surface area contributed by atoms with Crippen LogP contribution in [0.15, 0.2) is 42.7 Å². The molecular weight excluding hydrogens is 166 g/mol. The van der Waals surface area contributed by atoms with Gasteiger partial charge in [-0.2, -0.15) is 0 Å². The third-order valence-electron chi connectivity index (χ3n) is 1.49. The summed E-state index contributed by atoms with van der Waals surface area (Å²) in [6, 6.07) is 8.80. The number of nitrogens with one attached hydrogen (secondary N) is 1. The minimum Gasteiger partial charge on any atom is -0.511 e. The minimum atomic E-state index is -0.212. The first-order valence-electron chi connectivity index (χ1n) is 3.90. The molecule has 0 radical (unpaired) electrons. The molecule has 68 valence electrons. The molecule has 0 unspecified atom stereocenters. The lowest BCUT2D eigenvalue weighted by molar-refractivity contribution is 0.0952. The summed E-state index contributed by atoms with van der Waals surface area (Å²) in [6.45, 7) is 3.35. The van der Waals surface area contributed by atoms with Crippen LogP contribution >= 0.6 is 0 Å². The predicted octanol–water partition coefficient (Wildman–Crippen LogP) is 1.49. The van der Waals surface area contributed by atoms with Crippen molar-refractivity contribution in [2.45, 2.75) is 0 Å². The van der Waals surface area contributed by atoms with E-state index in [0.717, 1.165) is 0 Å². The van der Waals surface area contributed by atoms with Crippen LogP contribution in [0.1, 0.15) is 10.4 Å². The highest BCUT2D eigenvalue weighted by molar-refractivity contribution is 5.94. The topological polar surface area (TPSA) is 49.3 Å². The predicted molar refractivity (Wildman–Crippen MR) is 50.5 cm³/mol. The molecule has 0 fully saturated rings. The molecule has 1 aromatic carbocycles. The smallest absolute Gasteiger partial charge is 0.251 e. The van der Waals surface area contributed by atoms with E-state index in [1.54, 1.807) is 24.3 Å². The second-order valence-corrected chi connectivity index (χ2v) is 2.61. The zero-order valence-corrected chi connectivity index (χ0v) is 7.16. The van der Waals surface area contributed by atoms with Gasteiger partial charge in [-0.1, -0.05) is 24.8 Å². The minimum absolute atomic E-state index is 0.0516. The molecule has 1 rings (SSSR count). The van der Waals surface area contributed by atoms with Gasteiger partial charge in [0, 0.05) is 5.56 Å². The van der Waals surface area contributed by atoms with Gasteiger partial charge in [-0.25, -0.2) is 0 Å². The number of benzene rings is 1. The number of hydrogen-bond donors (Lipinski definition) is 2. The van der Waals surface area contributed by atoms with Crippen LogP contribution in [-0.4, -0.2) is 17.6 Å². The molecule has 2 N–H and O–H groups in total. The van der Waals surface area contributed by atoms with Crippen LogP contribution in [0.5, 0.6) is 0 Å². The molecule has 0 spiro atoms. The fourth-order valence-corrected chi connectivity index (χ4v) is 0.874. The molecule has 0 bridgehead atoms. The molecule has 0 aromatic heterocycles. The molecule has 0 heterocycles. The number of hydrogen-bond acceptors (Lipinski definition) is 2. The lowest BCUT2D eigenvalue weighted by Gasteiger charge is -2.02. The molecule has 3 heteroatoms. The van der Waals surface area contributed by atoms with E-state index in [2.05, 4.69) is 11.9 Å². The van der Waals surface area contributed by atoms with Crippen LogP contribution in [0.3, 0.4) is 0 Å². The zero-order chi connectivity index (χ0) is 9.68. The quantitative estimate of drug-likeness (QED) is 0.687. The van der Waals surface area contributed by atoms with Gasteiger partial charge in [0.1, 0.15) is 5.76 Å². The van der Waals surface area contributed by atoms with Gasteiger partial charge in [-0.15, -0.1) is 0 Å². The molecule has 0 saturated carbocycles. The molecular formula is C10H11NO2. The summed E-state index contributed by atoms with van der Waals surface area (Å²) < 4.78 is 0. The van der Waals surface area contributed by atoms with Crippen LogP contribution in [0, 0.1) is 0 Å². The molecule has 0 saturated heterocycles. The molecule has 1 aromatic rings. The number of aliphatic hydroxyl groups is 1. The fraction of sp³-hybridized carbons (Fsp3) is 0.100.